The predicted molar refractivity (Wildman–Crippen MR) is 65.5 cm³/mol. The van der Waals surface area contributed by atoms with Gasteiger partial charge in [-0.1, -0.05) is 11.4 Å². The molecule has 2 rings (SSSR count). The molecule has 0 saturated heterocycles. The van der Waals surface area contributed by atoms with Crippen LogP contribution < -0.4 is 5.32 Å². The molecule has 98 valence electrons. The van der Waals surface area contributed by atoms with Crippen LogP contribution in [-0.4, -0.2) is 32.6 Å². The normalized spacial score (nSPS) is 16.3. The molecule has 2 N–H and O–H groups in total. The van der Waals surface area contributed by atoms with Crippen LogP contribution in [0.5, 0.6) is 0 Å². The Morgan fingerprint density at radius 2 is 2.28 bits per heavy atom. The number of nitrogens with one attached hydrogen (secondary N) is 1. The maximum atomic E-state index is 12.0. The maximum absolute atomic E-state index is 12.0. The van der Waals surface area contributed by atoms with Gasteiger partial charge in [-0.2, -0.15) is 0 Å². The van der Waals surface area contributed by atoms with Crippen molar-refractivity contribution in [2.45, 2.75) is 38.6 Å². The first kappa shape index (κ1) is 12.9. The highest BCUT2D eigenvalue weighted by atomic mass is 32.1. The fourth-order valence-corrected chi connectivity index (χ4v) is 2.52. The largest absolute Gasteiger partial charge is 0.481 e. The summed E-state index contributed by atoms with van der Waals surface area (Å²) in [5, 5.41) is 15.5. The van der Waals surface area contributed by atoms with Gasteiger partial charge in [0.05, 0.1) is 12.1 Å². The van der Waals surface area contributed by atoms with Gasteiger partial charge in [-0.15, -0.1) is 5.10 Å². The topological polar surface area (TPSA) is 92.2 Å². The van der Waals surface area contributed by atoms with Crippen molar-refractivity contribution in [1.29, 1.82) is 0 Å². The molecule has 18 heavy (non-hydrogen) atoms. The van der Waals surface area contributed by atoms with Crippen LogP contribution >= 0.6 is 11.5 Å². The Hall–Kier alpha value is -1.50. The summed E-state index contributed by atoms with van der Waals surface area (Å²) in [6.45, 7) is 1.91. The van der Waals surface area contributed by atoms with Gasteiger partial charge in [0.1, 0.15) is 4.88 Å². The summed E-state index contributed by atoms with van der Waals surface area (Å²) >= 11 is 1.05. The molecule has 1 saturated carbocycles. The van der Waals surface area contributed by atoms with E-state index < -0.39 is 5.97 Å². The molecule has 6 nitrogen and oxygen atoms in total. The minimum Gasteiger partial charge on any atom is -0.481 e. The average Bonchev–Trinajstić information content (AvgIpc) is 3.05. The van der Waals surface area contributed by atoms with E-state index in [4.69, 9.17) is 5.11 Å². The van der Waals surface area contributed by atoms with E-state index in [0.717, 1.165) is 24.4 Å². The summed E-state index contributed by atoms with van der Waals surface area (Å²) in [6.07, 6.45) is 2.59. The molecule has 0 aromatic carbocycles. The summed E-state index contributed by atoms with van der Waals surface area (Å²) in [6, 6.07) is -0.276. The van der Waals surface area contributed by atoms with Gasteiger partial charge in [-0.05, 0) is 36.7 Å². The zero-order chi connectivity index (χ0) is 13.1. The van der Waals surface area contributed by atoms with Crippen LogP contribution in [0.3, 0.4) is 0 Å². The Morgan fingerprint density at radius 1 is 1.56 bits per heavy atom. The third-order valence-corrected chi connectivity index (χ3v) is 3.77. The highest BCUT2D eigenvalue weighted by Crippen LogP contribution is 2.34. The molecule has 1 aliphatic rings. The lowest BCUT2D eigenvalue weighted by Gasteiger charge is -2.15. The molecular formula is C11H15N3O3S. The SMILES string of the molecule is CCc1nnsc1C(=O)NC(CC(=O)O)C1CC1. The number of rotatable bonds is 6. The van der Waals surface area contributed by atoms with Crippen molar-refractivity contribution < 1.29 is 14.7 Å². The molecule has 0 radical (unpaired) electrons. The molecule has 1 fully saturated rings. The van der Waals surface area contributed by atoms with Crippen molar-refractivity contribution in [1.82, 2.24) is 14.9 Å². The van der Waals surface area contributed by atoms with Crippen molar-refractivity contribution in [2.24, 2.45) is 5.92 Å². The minimum atomic E-state index is -0.884. The third-order valence-electron chi connectivity index (χ3n) is 3.00. The number of hydrogen-bond acceptors (Lipinski definition) is 5. The van der Waals surface area contributed by atoms with E-state index in [2.05, 4.69) is 14.9 Å². The quantitative estimate of drug-likeness (QED) is 0.806. The molecule has 0 aliphatic heterocycles. The molecule has 1 aliphatic carbocycles. The second-order valence-corrected chi connectivity index (χ2v) is 5.17. The number of amides is 1. The molecule has 1 atom stereocenters. The van der Waals surface area contributed by atoms with E-state index in [0.29, 0.717) is 22.9 Å². The molecule has 1 aromatic heterocycles. The van der Waals surface area contributed by atoms with E-state index in [1.54, 1.807) is 0 Å². The highest BCUT2D eigenvalue weighted by Gasteiger charge is 2.34. The fraction of sp³-hybridized carbons (Fsp3) is 0.636. The van der Waals surface area contributed by atoms with Gasteiger partial charge < -0.3 is 10.4 Å². The van der Waals surface area contributed by atoms with Crippen LogP contribution in [0.1, 0.15) is 41.6 Å². The van der Waals surface area contributed by atoms with Gasteiger partial charge in [-0.3, -0.25) is 9.59 Å². The van der Waals surface area contributed by atoms with E-state index in [1.807, 2.05) is 6.92 Å². The van der Waals surface area contributed by atoms with Gasteiger partial charge in [-0.25, -0.2) is 0 Å². The number of aliphatic carboxylic acids is 1. The summed E-state index contributed by atoms with van der Waals surface area (Å²) < 4.78 is 3.76. The van der Waals surface area contributed by atoms with Crippen LogP contribution in [0.25, 0.3) is 0 Å². The number of carboxylic acids is 1. The van der Waals surface area contributed by atoms with Crippen LogP contribution in [0.15, 0.2) is 0 Å². The van der Waals surface area contributed by atoms with Crippen molar-refractivity contribution in [2.75, 3.05) is 0 Å². The number of aromatic nitrogens is 2. The summed E-state index contributed by atoms with van der Waals surface area (Å²) in [5.74, 6) is -0.832. The van der Waals surface area contributed by atoms with Crippen LogP contribution in [0.4, 0.5) is 0 Å². The van der Waals surface area contributed by atoms with Gasteiger partial charge in [0.25, 0.3) is 5.91 Å². The lowest BCUT2D eigenvalue weighted by Crippen LogP contribution is -2.38. The molecular weight excluding hydrogens is 254 g/mol. The number of aryl methyl sites for hydroxylation is 1. The first-order valence-electron chi connectivity index (χ1n) is 5.95. The Labute approximate surface area is 109 Å². The molecule has 1 heterocycles. The predicted octanol–water partition coefficient (Wildman–Crippen LogP) is 1.08. The zero-order valence-electron chi connectivity index (χ0n) is 10.0. The molecule has 1 amide bonds. The second kappa shape index (κ2) is 5.43. The monoisotopic (exact) mass is 269 g/mol. The molecule has 0 spiro atoms. The van der Waals surface area contributed by atoms with Gasteiger partial charge in [0, 0.05) is 6.04 Å². The van der Waals surface area contributed by atoms with E-state index in [9.17, 15) is 9.59 Å². The summed E-state index contributed by atoms with van der Waals surface area (Å²) in [5.41, 5.74) is 0.669. The first-order valence-corrected chi connectivity index (χ1v) is 6.73. The fourth-order valence-electron chi connectivity index (χ4n) is 1.87. The smallest absolute Gasteiger partial charge is 0.305 e. The van der Waals surface area contributed by atoms with E-state index >= 15 is 0 Å². The standard InChI is InChI=1S/C11H15N3O3S/c1-2-7-10(18-14-13-7)11(17)12-8(5-9(15)16)6-3-4-6/h6,8H,2-5H2,1H3,(H,12,17)(H,15,16). The Morgan fingerprint density at radius 3 is 2.83 bits per heavy atom. The lowest BCUT2D eigenvalue weighted by atomic mass is 10.1. The molecule has 0 bridgehead atoms. The molecule has 1 aromatic rings. The number of carboxylic acid groups (broad SMARTS) is 1. The number of nitrogens with zero attached hydrogens (tertiary/aromatic N) is 2. The lowest BCUT2D eigenvalue weighted by molar-refractivity contribution is -0.137. The zero-order valence-corrected chi connectivity index (χ0v) is 10.9. The minimum absolute atomic E-state index is 0.0237. The number of hydrogen-bond donors (Lipinski definition) is 2. The summed E-state index contributed by atoms with van der Waals surface area (Å²) in [7, 11) is 0. The van der Waals surface area contributed by atoms with Crippen molar-refractivity contribution in [3.8, 4) is 0 Å². The highest BCUT2D eigenvalue weighted by molar-refractivity contribution is 7.08. The van der Waals surface area contributed by atoms with Crippen molar-refractivity contribution in [3.05, 3.63) is 10.6 Å². The van der Waals surface area contributed by atoms with Crippen LogP contribution in [0, 0.1) is 5.92 Å². The number of carbonyl (C=O) groups excluding carboxylic acids is 1. The van der Waals surface area contributed by atoms with Gasteiger partial charge in [0.15, 0.2) is 0 Å². The van der Waals surface area contributed by atoms with E-state index in [-0.39, 0.29) is 18.4 Å². The molecule has 7 heteroatoms. The third kappa shape index (κ3) is 3.04. The average molecular weight is 269 g/mol. The van der Waals surface area contributed by atoms with Gasteiger partial charge in [0.2, 0.25) is 0 Å². The maximum Gasteiger partial charge on any atom is 0.305 e. The van der Waals surface area contributed by atoms with Crippen molar-refractivity contribution >= 4 is 23.4 Å². The van der Waals surface area contributed by atoms with Crippen LogP contribution in [-0.2, 0) is 11.2 Å². The summed E-state index contributed by atoms with van der Waals surface area (Å²) in [4.78, 5) is 23.3. The Balaban J connectivity index is 2.02. The van der Waals surface area contributed by atoms with Crippen LogP contribution in [0.2, 0.25) is 0 Å². The first-order chi connectivity index (χ1) is 8.61. The molecule has 1 unspecified atom stereocenters. The van der Waals surface area contributed by atoms with Gasteiger partial charge >= 0.3 is 5.97 Å². The van der Waals surface area contributed by atoms with Crippen molar-refractivity contribution in [3.63, 3.8) is 0 Å². The second-order valence-electron chi connectivity index (χ2n) is 4.42. The van der Waals surface area contributed by atoms with E-state index in [1.165, 1.54) is 0 Å². The Kier molecular flexibility index (Phi) is 3.90. The number of carbonyl (C=O) groups is 2. The Bertz CT molecular complexity index is 456.